The second kappa shape index (κ2) is 11.4. The van der Waals surface area contributed by atoms with Crippen molar-refractivity contribution >= 4 is 46.6 Å². The average molecular weight is 538 g/mol. The van der Waals surface area contributed by atoms with Gasteiger partial charge in [-0.15, -0.1) is 24.0 Å². The van der Waals surface area contributed by atoms with Crippen molar-refractivity contribution in [1.82, 2.24) is 19.6 Å². The van der Waals surface area contributed by atoms with Crippen molar-refractivity contribution in [3.05, 3.63) is 35.7 Å². The number of aromatic nitrogens is 2. The number of anilines is 1. The zero-order chi connectivity index (χ0) is 19.9. The van der Waals surface area contributed by atoms with Gasteiger partial charge in [0, 0.05) is 57.2 Å². The maximum absolute atomic E-state index is 13.6. The number of piperazine rings is 1. The van der Waals surface area contributed by atoms with E-state index in [4.69, 9.17) is 4.74 Å². The van der Waals surface area contributed by atoms with Gasteiger partial charge < -0.3 is 19.9 Å². The average Bonchev–Trinajstić information content (AvgIpc) is 3.19. The Morgan fingerprint density at radius 3 is 2.66 bits per heavy atom. The molecule has 0 radical (unpaired) electrons. The van der Waals surface area contributed by atoms with E-state index in [-0.39, 0.29) is 36.3 Å². The van der Waals surface area contributed by atoms with Gasteiger partial charge >= 0.3 is 0 Å². The minimum Gasteiger partial charge on any atom is -0.489 e. The molecule has 7 nitrogen and oxygen atoms in total. The third-order valence-electron chi connectivity index (χ3n) is 4.37. The molecule has 2 heterocycles. The van der Waals surface area contributed by atoms with Crippen molar-refractivity contribution in [2.24, 2.45) is 4.99 Å². The van der Waals surface area contributed by atoms with Crippen LogP contribution in [0.2, 0.25) is 0 Å². The van der Waals surface area contributed by atoms with Crippen LogP contribution < -0.4 is 15.0 Å². The van der Waals surface area contributed by atoms with Crippen molar-refractivity contribution in [2.45, 2.75) is 13.3 Å². The van der Waals surface area contributed by atoms with Crippen LogP contribution in [-0.2, 0) is 6.42 Å². The van der Waals surface area contributed by atoms with E-state index >= 15 is 0 Å². The molecule has 1 N–H and O–H groups in total. The molecule has 1 aliphatic rings. The molecule has 29 heavy (non-hydrogen) atoms. The van der Waals surface area contributed by atoms with Gasteiger partial charge in [-0.05, 0) is 12.1 Å². The van der Waals surface area contributed by atoms with Gasteiger partial charge in [0.25, 0.3) is 0 Å². The number of benzene rings is 1. The Morgan fingerprint density at radius 2 is 2.03 bits per heavy atom. The molecule has 0 atom stereocenters. The predicted octanol–water partition coefficient (Wildman–Crippen LogP) is 2.77. The Morgan fingerprint density at radius 1 is 1.28 bits per heavy atom. The summed E-state index contributed by atoms with van der Waals surface area (Å²) in [5.41, 5.74) is 0. The number of halogens is 3. The molecule has 1 aromatic carbocycles. The molecule has 0 bridgehead atoms. The van der Waals surface area contributed by atoms with Crippen LogP contribution in [0.1, 0.15) is 12.7 Å². The number of hydrogen-bond acceptors (Lipinski definition) is 6. The molecule has 0 unspecified atom stereocenters. The van der Waals surface area contributed by atoms with Crippen molar-refractivity contribution < 1.29 is 13.5 Å². The van der Waals surface area contributed by atoms with Crippen LogP contribution in [0.3, 0.4) is 0 Å². The zero-order valence-electron chi connectivity index (χ0n) is 16.4. The van der Waals surface area contributed by atoms with Gasteiger partial charge in [0.1, 0.15) is 18.2 Å². The lowest BCUT2D eigenvalue weighted by Gasteiger charge is -2.36. The highest BCUT2D eigenvalue weighted by Gasteiger charge is 2.21. The summed E-state index contributed by atoms with van der Waals surface area (Å²) in [5, 5.41) is 4.19. The number of guanidine groups is 1. The van der Waals surface area contributed by atoms with Gasteiger partial charge in [-0.1, -0.05) is 6.92 Å². The first kappa shape index (κ1) is 23.5. The van der Waals surface area contributed by atoms with E-state index in [2.05, 4.69) is 29.5 Å². The molecule has 2 aromatic rings. The van der Waals surface area contributed by atoms with Crippen molar-refractivity contribution in [3.63, 3.8) is 0 Å². The van der Waals surface area contributed by atoms with Crippen LogP contribution in [-0.4, -0.2) is 66.6 Å². The Bertz CT molecular complexity index is 813. The number of rotatable bonds is 6. The van der Waals surface area contributed by atoms with Gasteiger partial charge in [-0.3, -0.25) is 4.99 Å². The molecule has 0 aliphatic carbocycles. The lowest BCUT2D eigenvalue weighted by Crippen LogP contribution is -2.53. The standard InChI is InChI=1S/C18H24F2N6OS.HI/c1-3-16-23-18(28-24-16)26-9-7-25(8-10-26)17(21-2)22-6-11-27-15-5-4-13(19)12-14(15)20;/h4-5,12H,3,6-11H2,1-2H3,(H,21,22);1H. The van der Waals surface area contributed by atoms with Gasteiger partial charge in [-0.2, -0.15) is 4.37 Å². The van der Waals surface area contributed by atoms with E-state index in [0.717, 1.165) is 55.6 Å². The highest BCUT2D eigenvalue weighted by molar-refractivity contribution is 14.0. The summed E-state index contributed by atoms with van der Waals surface area (Å²) in [6.07, 6.45) is 0.844. The normalized spacial score (nSPS) is 14.6. The Labute approximate surface area is 190 Å². The Hall–Kier alpha value is -1.76. The number of aliphatic imine (C=N–C) groups is 1. The first-order chi connectivity index (χ1) is 13.6. The van der Waals surface area contributed by atoms with E-state index in [9.17, 15) is 8.78 Å². The molecule has 0 spiro atoms. The Balaban J connectivity index is 0.00000300. The highest BCUT2D eigenvalue weighted by atomic mass is 127. The van der Waals surface area contributed by atoms with Crippen molar-refractivity contribution in [2.75, 3.05) is 51.3 Å². The quantitative estimate of drug-likeness (QED) is 0.264. The topological polar surface area (TPSA) is 65.9 Å². The molecule has 3 rings (SSSR count). The maximum atomic E-state index is 13.6. The van der Waals surface area contributed by atoms with Crippen LogP contribution in [0, 0.1) is 11.6 Å². The SMILES string of the molecule is CCc1nsc(N2CCN(C(=NC)NCCOc3ccc(F)cc3F)CC2)n1.I. The second-order valence-electron chi connectivity index (χ2n) is 6.22. The van der Waals surface area contributed by atoms with Gasteiger partial charge in [0.05, 0.1) is 6.54 Å². The fourth-order valence-corrected chi connectivity index (χ4v) is 3.68. The molecular weight excluding hydrogens is 513 g/mol. The number of aryl methyl sites for hydroxylation is 1. The van der Waals surface area contributed by atoms with Crippen LogP contribution in [0.15, 0.2) is 23.2 Å². The van der Waals surface area contributed by atoms with Crippen molar-refractivity contribution in [1.29, 1.82) is 0 Å². The third-order valence-corrected chi connectivity index (χ3v) is 5.19. The monoisotopic (exact) mass is 538 g/mol. The van der Waals surface area contributed by atoms with Crippen LogP contribution in [0.4, 0.5) is 13.9 Å². The van der Waals surface area contributed by atoms with E-state index in [1.807, 2.05) is 6.92 Å². The number of hydrogen-bond donors (Lipinski definition) is 1. The second-order valence-corrected chi connectivity index (χ2v) is 6.95. The van der Waals surface area contributed by atoms with Crippen molar-refractivity contribution in [3.8, 4) is 5.75 Å². The maximum Gasteiger partial charge on any atom is 0.205 e. The molecule has 11 heteroatoms. The summed E-state index contributed by atoms with van der Waals surface area (Å²) >= 11 is 1.44. The largest absolute Gasteiger partial charge is 0.489 e. The fourth-order valence-electron chi connectivity index (χ4n) is 2.87. The lowest BCUT2D eigenvalue weighted by molar-refractivity contribution is 0.300. The lowest BCUT2D eigenvalue weighted by atomic mass is 10.3. The van der Waals surface area contributed by atoms with E-state index in [0.29, 0.717) is 6.54 Å². The summed E-state index contributed by atoms with van der Waals surface area (Å²) in [6, 6.07) is 3.27. The molecular formula is C18H25F2IN6OS. The van der Waals surface area contributed by atoms with E-state index < -0.39 is 11.6 Å². The van der Waals surface area contributed by atoms with E-state index in [1.165, 1.54) is 23.7 Å². The first-order valence-electron chi connectivity index (χ1n) is 9.21. The fraction of sp³-hybridized carbons (Fsp3) is 0.500. The summed E-state index contributed by atoms with van der Waals surface area (Å²) in [7, 11) is 1.73. The summed E-state index contributed by atoms with van der Waals surface area (Å²) in [5.74, 6) is 0.368. The van der Waals surface area contributed by atoms with Gasteiger partial charge in [-0.25, -0.2) is 13.8 Å². The van der Waals surface area contributed by atoms with E-state index in [1.54, 1.807) is 7.05 Å². The van der Waals surface area contributed by atoms with Crippen LogP contribution in [0.5, 0.6) is 5.75 Å². The zero-order valence-corrected chi connectivity index (χ0v) is 19.5. The first-order valence-corrected chi connectivity index (χ1v) is 9.99. The summed E-state index contributed by atoms with van der Waals surface area (Å²) in [4.78, 5) is 13.3. The predicted molar refractivity (Wildman–Crippen MR) is 122 cm³/mol. The smallest absolute Gasteiger partial charge is 0.205 e. The molecule has 1 fully saturated rings. The highest BCUT2D eigenvalue weighted by Crippen LogP contribution is 2.19. The van der Waals surface area contributed by atoms with Crippen LogP contribution >= 0.6 is 35.5 Å². The number of nitrogens with one attached hydrogen (secondary N) is 1. The minimum atomic E-state index is -0.705. The van der Waals surface area contributed by atoms with Gasteiger partial charge in [0.15, 0.2) is 17.5 Å². The molecule has 0 amide bonds. The van der Waals surface area contributed by atoms with Gasteiger partial charge in [0.2, 0.25) is 5.13 Å². The molecule has 0 saturated carbocycles. The molecule has 1 aromatic heterocycles. The van der Waals surface area contributed by atoms with Crippen LogP contribution in [0.25, 0.3) is 0 Å². The molecule has 1 saturated heterocycles. The Kier molecular flexibility index (Phi) is 9.27. The summed E-state index contributed by atoms with van der Waals surface area (Å²) < 4.78 is 36.2. The molecule has 160 valence electrons. The number of nitrogens with zero attached hydrogens (tertiary/aromatic N) is 5. The summed E-state index contributed by atoms with van der Waals surface area (Å²) in [6.45, 7) is 6.06. The third kappa shape index (κ3) is 6.36. The molecule has 1 aliphatic heterocycles. The minimum absolute atomic E-state index is 0. The number of ether oxygens (including phenoxy) is 1.